The molecule has 0 unspecified atom stereocenters. The van der Waals surface area contributed by atoms with E-state index in [1.54, 1.807) is 6.07 Å². The molecule has 0 atom stereocenters. The number of hydrogen-bond acceptors (Lipinski definition) is 7. The van der Waals surface area contributed by atoms with Crippen molar-refractivity contribution in [2.45, 2.75) is 16.7 Å². The number of sulfonamides is 1. The molecule has 1 heterocycles. The van der Waals surface area contributed by atoms with E-state index < -0.39 is 36.6 Å². The fourth-order valence-corrected chi connectivity index (χ4v) is 5.86. The van der Waals surface area contributed by atoms with Crippen molar-refractivity contribution < 1.29 is 26.4 Å². The number of nitrogens with zero attached hydrogens (tertiary/aromatic N) is 3. The Bertz CT molecular complexity index is 1360. The van der Waals surface area contributed by atoms with E-state index in [1.165, 1.54) is 49.4 Å². The van der Waals surface area contributed by atoms with Crippen molar-refractivity contribution >= 4 is 48.5 Å². The minimum atomic E-state index is -4.56. The van der Waals surface area contributed by atoms with Gasteiger partial charge in [-0.2, -0.15) is 13.5 Å². The van der Waals surface area contributed by atoms with Crippen molar-refractivity contribution in [2.24, 2.45) is 9.63 Å². The number of halogens is 1. The van der Waals surface area contributed by atoms with Gasteiger partial charge >= 0.3 is 16.0 Å². The van der Waals surface area contributed by atoms with Gasteiger partial charge in [0, 0.05) is 17.5 Å². The average molecular weight is 470 g/mol. The Balaban J connectivity index is 2.58. The van der Waals surface area contributed by atoms with Gasteiger partial charge in [-0.05, 0) is 37.3 Å². The summed E-state index contributed by atoms with van der Waals surface area (Å²) in [7, 11) is -7.81. The summed E-state index contributed by atoms with van der Waals surface area (Å²) in [6, 6.07) is 11.2. The third-order valence-corrected chi connectivity index (χ3v) is 7.31. The molecule has 0 saturated carbocycles. The number of ether oxygens (including phenoxy) is 1. The van der Waals surface area contributed by atoms with E-state index in [4.69, 9.17) is 16.3 Å². The van der Waals surface area contributed by atoms with Crippen LogP contribution in [0.25, 0.3) is 10.9 Å². The normalized spacial score (nSPS) is 12.5. The topological polar surface area (TPSA) is 124 Å². The lowest BCUT2D eigenvalue weighted by Gasteiger charge is -2.12. The molecule has 2 aromatic carbocycles. The maximum absolute atomic E-state index is 13.4. The molecule has 0 N–H and O–H groups in total. The Morgan fingerprint density at radius 1 is 1.10 bits per heavy atom. The fourth-order valence-electron chi connectivity index (χ4n) is 2.94. The molecule has 158 valence electrons. The number of hydrogen-bond donors (Lipinski definition) is 0. The molecular weight excluding hydrogens is 454 g/mol. The molecule has 0 amide bonds. The third kappa shape index (κ3) is 3.71. The highest BCUT2D eigenvalue weighted by molar-refractivity contribution is 7.91. The third-order valence-electron chi connectivity index (χ3n) is 4.04. The van der Waals surface area contributed by atoms with E-state index in [0.29, 0.717) is 3.97 Å². The summed E-state index contributed by atoms with van der Waals surface area (Å²) in [5.74, 6) is -1.14. The second-order valence-electron chi connectivity index (χ2n) is 5.90. The van der Waals surface area contributed by atoms with Crippen LogP contribution in [0.4, 0.5) is 0 Å². The van der Waals surface area contributed by atoms with Crippen LogP contribution in [-0.2, 0) is 24.8 Å². The number of aromatic nitrogens is 1. The zero-order chi connectivity index (χ0) is 22.1. The predicted octanol–water partition coefficient (Wildman–Crippen LogP) is 3.48. The minimum Gasteiger partial charge on any atom is -0.461 e. The fraction of sp³-hybridized carbons (Fsp3) is 0.167. The van der Waals surface area contributed by atoms with E-state index in [2.05, 4.69) is 9.63 Å². The second-order valence-corrected chi connectivity index (χ2v) is 9.64. The van der Waals surface area contributed by atoms with Crippen LogP contribution in [0.15, 0.2) is 68.0 Å². The SMILES string of the molecule is CCOC(=O)c1c(S(=O)(=O)/N=N/C)c2cc(Cl)ccc2n1S(=O)(=O)c1ccccc1. The molecule has 30 heavy (non-hydrogen) atoms. The van der Waals surface area contributed by atoms with E-state index in [1.807, 2.05) is 0 Å². The molecule has 0 fully saturated rings. The Kier molecular flexibility index (Phi) is 5.97. The van der Waals surface area contributed by atoms with Gasteiger partial charge in [0.1, 0.15) is 4.90 Å². The Morgan fingerprint density at radius 2 is 1.77 bits per heavy atom. The summed E-state index contributed by atoms with van der Waals surface area (Å²) in [6.45, 7) is 1.40. The van der Waals surface area contributed by atoms with Gasteiger partial charge in [0.2, 0.25) is 0 Å². The Morgan fingerprint density at radius 3 is 2.37 bits per heavy atom. The standard InChI is InChI=1S/C18H16ClN3O6S2/c1-3-28-18(23)16-17(29(24,25)21-20-2)14-11-12(19)9-10-15(14)22(16)30(26,27)13-7-5-4-6-8-13/h4-11H,3H2,1-2H3/b21-20+. The monoisotopic (exact) mass is 469 g/mol. The van der Waals surface area contributed by atoms with Gasteiger partial charge in [-0.15, -0.1) is 0 Å². The van der Waals surface area contributed by atoms with E-state index in [9.17, 15) is 21.6 Å². The van der Waals surface area contributed by atoms with Gasteiger partial charge in [-0.25, -0.2) is 17.2 Å². The minimum absolute atomic E-state index is 0.0730. The maximum Gasteiger partial charge on any atom is 0.357 e. The van der Waals surface area contributed by atoms with Crippen LogP contribution in [0.1, 0.15) is 17.4 Å². The van der Waals surface area contributed by atoms with Gasteiger partial charge in [-0.3, -0.25) is 0 Å². The summed E-state index contributed by atoms with van der Waals surface area (Å²) in [4.78, 5) is 12.0. The molecule has 0 bridgehead atoms. The first-order valence-electron chi connectivity index (χ1n) is 8.53. The molecule has 0 aliphatic carbocycles. The molecular formula is C18H16ClN3O6S2. The van der Waals surface area contributed by atoms with Crippen LogP contribution in [0, 0.1) is 0 Å². The number of rotatable bonds is 6. The molecule has 0 saturated heterocycles. The first-order valence-corrected chi connectivity index (χ1v) is 11.8. The number of benzene rings is 2. The van der Waals surface area contributed by atoms with Crippen molar-refractivity contribution in [3.05, 3.63) is 59.2 Å². The summed E-state index contributed by atoms with van der Waals surface area (Å²) in [5, 5.41) is 3.32. The molecule has 0 aliphatic rings. The van der Waals surface area contributed by atoms with Crippen molar-refractivity contribution in [1.82, 2.24) is 3.97 Å². The maximum atomic E-state index is 13.4. The highest BCUT2D eigenvalue weighted by Crippen LogP contribution is 2.36. The summed E-state index contributed by atoms with van der Waals surface area (Å²) >= 11 is 6.03. The average Bonchev–Trinajstić information content (AvgIpc) is 3.04. The zero-order valence-electron chi connectivity index (χ0n) is 15.8. The van der Waals surface area contributed by atoms with Crippen LogP contribution >= 0.6 is 11.6 Å². The molecule has 3 aromatic rings. The van der Waals surface area contributed by atoms with E-state index in [0.717, 1.165) is 7.05 Å². The smallest absolute Gasteiger partial charge is 0.357 e. The molecule has 0 radical (unpaired) electrons. The van der Waals surface area contributed by atoms with Crippen molar-refractivity contribution in [3.63, 3.8) is 0 Å². The lowest BCUT2D eigenvalue weighted by atomic mass is 10.2. The van der Waals surface area contributed by atoms with Gasteiger partial charge in [0.05, 0.1) is 17.0 Å². The highest BCUT2D eigenvalue weighted by atomic mass is 35.5. The van der Waals surface area contributed by atoms with Gasteiger partial charge in [0.15, 0.2) is 5.69 Å². The molecule has 3 rings (SSSR count). The molecule has 0 aliphatic heterocycles. The number of carbonyl (C=O) groups is 1. The predicted molar refractivity (Wildman–Crippen MR) is 110 cm³/mol. The van der Waals surface area contributed by atoms with Crippen LogP contribution < -0.4 is 0 Å². The first kappa shape index (κ1) is 21.9. The van der Waals surface area contributed by atoms with Crippen LogP contribution in [0.5, 0.6) is 0 Å². The second kappa shape index (κ2) is 8.17. The lowest BCUT2D eigenvalue weighted by Crippen LogP contribution is -2.21. The van der Waals surface area contributed by atoms with Gasteiger partial charge < -0.3 is 4.74 Å². The van der Waals surface area contributed by atoms with Crippen LogP contribution in [0.3, 0.4) is 0 Å². The van der Waals surface area contributed by atoms with Gasteiger partial charge in [-0.1, -0.05) is 34.3 Å². The molecule has 1 aromatic heterocycles. The lowest BCUT2D eigenvalue weighted by molar-refractivity contribution is 0.0514. The largest absolute Gasteiger partial charge is 0.461 e. The Hall–Kier alpha value is -2.76. The van der Waals surface area contributed by atoms with Crippen molar-refractivity contribution in [1.29, 1.82) is 0 Å². The van der Waals surface area contributed by atoms with E-state index >= 15 is 0 Å². The number of fused-ring (bicyclic) bond motifs is 1. The first-order chi connectivity index (χ1) is 14.1. The zero-order valence-corrected chi connectivity index (χ0v) is 18.2. The molecule has 0 spiro atoms. The Labute approximate surface area is 178 Å². The summed E-state index contributed by atoms with van der Waals surface area (Å²) in [6.07, 6.45) is 0. The molecule has 9 nitrogen and oxygen atoms in total. The van der Waals surface area contributed by atoms with Crippen molar-refractivity contribution in [3.8, 4) is 0 Å². The van der Waals surface area contributed by atoms with E-state index in [-0.39, 0.29) is 27.4 Å². The molecule has 12 heteroatoms. The number of esters is 1. The number of carbonyl (C=O) groups excluding carboxylic acids is 1. The summed E-state index contributed by atoms with van der Waals surface area (Å²) in [5.41, 5.74) is -0.776. The highest BCUT2D eigenvalue weighted by Gasteiger charge is 2.37. The van der Waals surface area contributed by atoms with Gasteiger partial charge in [0.25, 0.3) is 10.0 Å². The van der Waals surface area contributed by atoms with Crippen LogP contribution in [0.2, 0.25) is 5.02 Å². The summed E-state index contributed by atoms with van der Waals surface area (Å²) < 4.78 is 61.4. The quantitative estimate of drug-likeness (QED) is 0.402. The van der Waals surface area contributed by atoms with Crippen molar-refractivity contribution in [2.75, 3.05) is 13.7 Å². The van der Waals surface area contributed by atoms with Crippen LogP contribution in [-0.4, -0.2) is 40.4 Å².